The minimum atomic E-state index is 0.739. The number of hydrogen-bond acceptors (Lipinski definition) is 2. The van der Waals surface area contributed by atoms with Gasteiger partial charge in [0.1, 0.15) is 0 Å². The summed E-state index contributed by atoms with van der Waals surface area (Å²) in [4.78, 5) is 0. The summed E-state index contributed by atoms with van der Waals surface area (Å²) in [6.45, 7) is 8.84. The van der Waals surface area contributed by atoms with Crippen molar-refractivity contribution in [3.63, 3.8) is 0 Å². The highest BCUT2D eigenvalue weighted by Gasteiger charge is 2.03. The molecular formula is C13H25N3. The van der Waals surface area contributed by atoms with Gasteiger partial charge in [0.05, 0.1) is 5.69 Å². The Morgan fingerprint density at radius 3 is 2.75 bits per heavy atom. The van der Waals surface area contributed by atoms with Crippen molar-refractivity contribution in [1.82, 2.24) is 15.1 Å². The summed E-state index contributed by atoms with van der Waals surface area (Å²) in [5.74, 6) is 0.739. The number of nitrogens with zero attached hydrogens (tertiary/aromatic N) is 2. The van der Waals surface area contributed by atoms with E-state index in [0.717, 1.165) is 31.8 Å². The van der Waals surface area contributed by atoms with Crippen LogP contribution in [-0.2, 0) is 19.9 Å². The van der Waals surface area contributed by atoms with Crippen molar-refractivity contribution in [2.45, 2.75) is 40.0 Å². The van der Waals surface area contributed by atoms with Crippen LogP contribution >= 0.6 is 0 Å². The van der Waals surface area contributed by atoms with E-state index < -0.39 is 0 Å². The topological polar surface area (TPSA) is 29.9 Å². The van der Waals surface area contributed by atoms with Crippen molar-refractivity contribution in [2.24, 2.45) is 13.0 Å². The Labute approximate surface area is 99.2 Å². The number of nitrogens with one attached hydrogen (secondary N) is 1. The smallest absolute Gasteiger partial charge is 0.0624 e. The minimum absolute atomic E-state index is 0.739. The van der Waals surface area contributed by atoms with Gasteiger partial charge >= 0.3 is 0 Å². The average Bonchev–Trinajstić information content (AvgIpc) is 2.59. The summed E-state index contributed by atoms with van der Waals surface area (Å²) in [6.07, 6.45) is 3.34. The minimum Gasteiger partial charge on any atom is -0.316 e. The lowest BCUT2D eigenvalue weighted by Gasteiger charge is -2.07. The van der Waals surface area contributed by atoms with Gasteiger partial charge in [0, 0.05) is 12.7 Å². The van der Waals surface area contributed by atoms with Crippen molar-refractivity contribution in [3.05, 3.63) is 17.5 Å². The first-order valence-electron chi connectivity index (χ1n) is 6.36. The summed E-state index contributed by atoms with van der Waals surface area (Å²) < 4.78 is 2.02. The largest absolute Gasteiger partial charge is 0.316 e. The molecule has 0 aliphatic rings. The molecule has 1 aromatic rings. The molecule has 0 unspecified atom stereocenters. The van der Waals surface area contributed by atoms with E-state index in [2.05, 4.69) is 37.3 Å². The second kappa shape index (κ2) is 6.69. The van der Waals surface area contributed by atoms with Gasteiger partial charge < -0.3 is 5.32 Å². The Morgan fingerprint density at radius 1 is 1.44 bits per heavy atom. The zero-order valence-electron chi connectivity index (χ0n) is 11.1. The van der Waals surface area contributed by atoms with Crippen LogP contribution in [0.3, 0.4) is 0 Å². The van der Waals surface area contributed by atoms with Crippen molar-refractivity contribution >= 4 is 0 Å². The first kappa shape index (κ1) is 13.2. The van der Waals surface area contributed by atoms with Gasteiger partial charge in [-0.15, -0.1) is 0 Å². The van der Waals surface area contributed by atoms with E-state index in [1.807, 2.05) is 11.7 Å². The normalized spacial score (nSPS) is 11.3. The molecule has 0 radical (unpaired) electrons. The zero-order chi connectivity index (χ0) is 12.0. The molecule has 1 aromatic heterocycles. The van der Waals surface area contributed by atoms with Gasteiger partial charge in [-0.05, 0) is 44.3 Å². The van der Waals surface area contributed by atoms with Crippen molar-refractivity contribution in [3.8, 4) is 0 Å². The summed E-state index contributed by atoms with van der Waals surface area (Å²) in [5.41, 5.74) is 2.55. The first-order valence-corrected chi connectivity index (χ1v) is 6.36. The number of hydrogen-bond donors (Lipinski definition) is 1. The summed E-state index contributed by atoms with van der Waals surface area (Å²) in [6, 6.07) is 2.22. The van der Waals surface area contributed by atoms with Crippen LogP contribution in [0, 0.1) is 5.92 Å². The van der Waals surface area contributed by atoms with Crippen LogP contribution in [0.2, 0.25) is 0 Å². The van der Waals surface area contributed by atoms with Crippen LogP contribution in [0.25, 0.3) is 0 Å². The summed E-state index contributed by atoms with van der Waals surface area (Å²) in [7, 11) is 2.04. The number of aryl methyl sites for hydroxylation is 3. The Kier molecular flexibility index (Phi) is 5.53. The quantitative estimate of drug-likeness (QED) is 0.718. The third-order valence-electron chi connectivity index (χ3n) is 2.73. The Morgan fingerprint density at radius 2 is 2.19 bits per heavy atom. The van der Waals surface area contributed by atoms with E-state index in [0.29, 0.717) is 0 Å². The third-order valence-corrected chi connectivity index (χ3v) is 2.73. The monoisotopic (exact) mass is 223 g/mol. The fourth-order valence-electron chi connectivity index (χ4n) is 1.76. The molecule has 0 saturated carbocycles. The predicted molar refractivity (Wildman–Crippen MR) is 68.6 cm³/mol. The van der Waals surface area contributed by atoms with Gasteiger partial charge in [-0.1, -0.05) is 20.8 Å². The van der Waals surface area contributed by atoms with E-state index in [4.69, 9.17) is 0 Å². The molecule has 3 nitrogen and oxygen atoms in total. The van der Waals surface area contributed by atoms with Gasteiger partial charge in [0.2, 0.25) is 0 Å². The molecule has 16 heavy (non-hydrogen) atoms. The highest BCUT2D eigenvalue weighted by Crippen LogP contribution is 2.06. The van der Waals surface area contributed by atoms with Crippen molar-refractivity contribution in [2.75, 3.05) is 13.1 Å². The Bertz CT molecular complexity index is 302. The molecule has 0 saturated heterocycles. The van der Waals surface area contributed by atoms with E-state index in [-0.39, 0.29) is 0 Å². The lowest BCUT2D eigenvalue weighted by atomic mass is 10.2. The third kappa shape index (κ3) is 4.35. The van der Waals surface area contributed by atoms with E-state index in [1.54, 1.807) is 0 Å². The van der Waals surface area contributed by atoms with Gasteiger partial charge in [0.15, 0.2) is 0 Å². The number of aromatic nitrogens is 2. The molecule has 0 aliphatic carbocycles. The molecule has 3 heteroatoms. The lowest BCUT2D eigenvalue weighted by molar-refractivity contribution is 0.538. The average molecular weight is 223 g/mol. The van der Waals surface area contributed by atoms with E-state index >= 15 is 0 Å². The SMILES string of the molecule is CCc1cc(CCCNCC(C)C)n(C)n1. The summed E-state index contributed by atoms with van der Waals surface area (Å²) in [5, 5.41) is 7.92. The van der Waals surface area contributed by atoms with Crippen LogP contribution in [0.5, 0.6) is 0 Å². The first-order chi connectivity index (χ1) is 7.63. The predicted octanol–water partition coefficient (Wildman–Crippen LogP) is 2.16. The van der Waals surface area contributed by atoms with Crippen LogP contribution in [-0.4, -0.2) is 22.9 Å². The highest BCUT2D eigenvalue weighted by atomic mass is 15.3. The lowest BCUT2D eigenvalue weighted by Crippen LogP contribution is -2.21. The van der Waals surface area contributed by atoms with Gasteiger partial charge in [-0.2, -0.15) is 5.10 Å². The van der Waals surface area contributed by atoms with Crippen LogP contribution in [0.4, 0.5) is 0 Å². The van der Waals surface area contributed by atoms with E-state index in [1.165, 1.54) is 17.8 Å². The molecule has 1 heterocycles. The molecule has 0 atom stereocenters. The summed E-state index contributed by atoms with van der Waals surface area (Å²) >= 11 is 0. The van der Waals surface area contributed by atoms with Gasteiger partial charge in [-0.25, -0.2) is 0 Å². The molecule has 0 spiro atoms. The molecule has 1 N–H and O–H groups in total. The molecule has 0 bridgehead atoms. The molecule has 92 valence electrons. The maximum Gasteiger partial charge on any atom is 0.0624 e. The van der Waals surface area contributed by atoms with Crippen molar-refractivity contribution < 1.29 is 0 Å². The molecule has 0 aliphatic heterocycles. The molecule has 1 rings (SSSR count). The second-order valence-corrected chi connectivity index (χ2v) is 4.81. The maximum atomic E-state index is 4.45. The highest BCUT2D eigenvalue weighted by molar-refractivity contribution is 5.10. The zero-order valence-corrected chi connectivity index (χ0v) is 11.1. The van der Waals surface area contributed by atoms with Crippen LogP contribution in [0.15, 0.2) is 6.07 Å². The number of rotatable bonds is 7. The maximum absolute atomic E-state index is 4.45. The molecule has 0 amide bonds. The molecule has 0 fully saturated rings. The van der Waals surface area contributed by atoms with Crippen molar-refractivity contribution in [1.29, 1.82) is 0 Å². The van der Waals surface area contributed by atoms with Crippen LogP contribution in [0.1, 0.15) is 38.6 Å². The van der Waals surface area contributed by atoms with Gasteiger partial charge in [-0.3, -0.25) is 4.68 Å². The Hall–Kier alpha value is -0.830. The molecule has 0 aromatic carbocycles. The molecular weight excluding hydrogens is 198 g/mol. The fourth-order valence-corrected chi connectivity index (χ4v) is 1.76. The fraction of sp³-hybridized carbons (Fsp3) is 0.769. The Balaban J connectivity index is 2.23. The second-order valence-electron chi connectivity index (χ2n) is 4.81. The van der Waals surface area contributed by atoms with Gasteiger partial charge in [0.25, 0.3) is 0 Å². The van der Waals surface area contributed by atoms with Crippen LogP contribution < -0.4 is 5.32 Å². The standard InChI is InChI=1S/C13H25N3/c1-5-12-9-13(16(4)15-12)7-6-8-14-10-11(2)3/h9,11,14H,5-8,10H2,1-4H3. The van der Waals surface area contributed by atoms with E-state index in [9.17, 15) is 0 Å².